The zero-order valence-electron chi connectivity index (χ0n) is 12.6. The van der Waals surface area contributed by atoms with E-state index in [0.717, 1.165) is 5.69 Å². The number of carbonyl (C=O) groups is 1. The standard InChI is InChI=1S/C16H17N3O4/c1-21-15-8-12(6-7-18-15)19-9-14(10-19)23-16(20)22-13-4-2-11(17)3-5-13/h2-8,14H,9-10,17H2,1H3. The van der Waals surface area contributed by atoms with Gasteiger partial charge in [-0.1, -0.05) is 0 Å². The summed E-state index contributed by atoms with van der Waals surface area (Å²) in [7, 11) is 1.57. The molecule has 2 N–H and O–H groups in total. The molecule has 0 radical (unpaired) electrons. The smallest absolute Gasteiger partial charge is 0.481 e. The lowest BCUT2D eigenvalue weighted by atomic mass is 10.1. The van der Waals surface area contributed by atoms with Crippen LogP contribution >= 0.6 is 0 Å². The van der Waals surface area contributed by atoms with Crippen molar-refractivity contribution in [1.29, 1.82) is 0 Å². The highest BCUT2D eigenvalue weighted by Crippen LogP contribution is 2.25. The summed E-state index contributed by atoms with van der Waals surface area (Å²) in [5.74, 6) is 0.953. The van der Waals surface area contributed by atoms with Gasteiger partial charge < -0.3 is 24.8 Å². The molecule has 0 bridgehead atoms. The Balaban J connectivity index is 1.48. The lowest BCUT2D eigenvalue weighted by Gasteiger charge is -2.39. The van der Waals surface area contributed by atoms with E-state index in [9.17, 15) is 4.79 Å². The first kappa shape index (κ1) is 15.0. The van der Waals surface area contributed by atoms with Gasteiger partial charge in [0, 0.05) is 23.6 Å². The largest absolute Gasteiger partial charge is 0.514 e. The third kappa shape index (κ3) is 3.63. The average Bonchev–Trinajstić information content (AvgIpc) is 2.53. The van der Waals surface area contributed by atoms with Crippen molar-refractivity contribution in [3.63, 3.8) is 0 Å². The van der Waals surface area contributed by atoms with Crippen LogP contribution in [0.1, 0.15) is 0 Å². The Bertz CT molecular complexity index is 684. The van der Waals surface area contributed by atoms with E-state index in [0.29, 0.717) is 30.4 Å². The lowest BCUT2D eigenvalue weighted by Crippen LogP contribution is -2.53. The van der Waals surface area contributed by atoms with Gasteiger partial charge in [0.05, 0.1) is 20.2 Å². The van der Waals surface area contributed by atoms with Crippen molar-refractivity contribution in [2.24, 2.45) is 0 Å². The second kappa shape index (κ2) is 6.43. The van der Waals surface area contributed by atoms with Crippen LogP contribution in [0.15, 0.2) is 42.6 Å². The molecule has 1 aromatic heterocycles. The summed E-state index contributed by atoms with van der Waals surface area (Å²) in [5.41, 5.74) is 7.15. The molecule has 1 aliphatic heterocycles. The summed E-state index contributed by atoms with van der Waals surface area (Å²) in [5, 5.41) is 0. The monoisotopic (exact) mass is 315 g/mol. The normalized spacial score (nSPS) is 14.0. The molecule has 7 heteroatoms. The van der Waals surface area contributed by atoms with E-state index in [1.165, 1.54) is 0 Å². The number of ether oxygens (including phenoxy) is 3. The maximum atomic E-state index is 11.7. The number of anilines is 2. The van der Waals surface area contributed by atoms with E-state index in [-0.39, 0.29) is 6.10 Å². The van der Waals surface area contributed by atoms with Crippen LogP contribution in [-0.4, -0.2) is 37.4 Å². The minimum absolute atomic E-state index is 0.199. The predicted molar refractivity (Wildman–Crippen MR) is 84.8 cm³/mol. The van der Waals surface area contributed by atoms with Crippen LogP contribution < -0.4 is 20.1 Å². The maximum absolute atomic E-state index is 11.7. The van der Waals surface area contributed by atoms with Crippen molar-refractivity contribution in [2.45, 2.75) is 6.10 Å². The number of pyridine rings is 1. The predicted octanol–water partition coefficient (Wildman–Crippen LogP) is 2.08. The molecule has 1 aliphatic rings. The van der Waals surface area contributed by atoms with Crippen LogP contribution in [0, 0.1) is 0 Å². The van der Waals surface area contributed by atoms with Crippen molar-refractivity contribution < 1.29 is 19.0 Å². The number of hydrogen-bond donors (Lipinski definition) is 1. The van der Waals surface area contributed by atoms with Gasteiger partial charge in [-0.05, 0) is 30.3 Å². The van der Waals surface area contributed by atoms with Crippen LogP contribution in [0.2, 0.25) is 0 Å². The van der Waals surface area contributed by atoms with E-state index in [1.807, 2.05) is 12.1 Å². The average molecular weight is 315 g/mol. The maximum Gasteiger partial charge on any atom is 0.514 e. The van der Waals surface area contributed by atoms with Crippen molar-refractivity contribution in [2.75, 3.05) is 30.8 Å². The lowest BCUT2D eigenvalue weighted by molar-refractivity contribution is 0.0458. The summed E-state index contributed by atoms with van der Waals surface area (Å²) in [6.07, 6.45) is 0.764. The van der Waals surface area contributed by atoms with E-state index >= 15 is 0 Å². The quantitative estimate of drug-likeness (QED) is 0.525. The highest BCUT2D eigenvalue weighted by atomic mass is 16.7. The Morgan fingerprint density at radius 2 is 2.00 bits per heavy atom. The summed E-state index contributed by atoms with van der Waals surface area (Å²) in [4.78, 5) is 17.8. The van der Waals surface area contributed by atoms with Gasteiger partial charge in [0.2, 0.25) is 5.88 Å². The highest BCUT2D eigenvalue weighted by molar-refractivity contribution is 5.65. The summed E-state index contributed by atoms with van der Waals surface area (Å²) in [6.45, 7) is 1.20. The molecule has 0 saturated carbocycles. The van der Waals surface area contributed by atoms with E-state index in [4.69, 9.17) is 19.9 Å². The van der Waals surface area contributed by atoms with Crippen molar-refractivity contribution in [1.82, 2.24) is 4.98 Å². The topological polar surface area (TPSA) is 86.9 Å². The molecule has 0 atom stereocenters. The molecule has 0 spiro atoms. The first-order chi connectivity index (χ1) is 11.1. The Morgan fingerprint density at radius 3 is 2.70 bits per heavy atom. The molecule has 3 rings (SSSR count). The van der Waals surface area contributed by atoms with Crippen molar-refractivity contribution in [3.8, 4) is 11.6 Å². The van der Waals surface area contributed by atoms with E-state index in [2.05, 4.69) is 9.88 Å². The first-order valence-corrected chi connectivity index (χ1v) is 7.13. The summed E-state index contributed by atoms with van der Waals surface area (Å²) >= 11 is 0. The molecule has 0 unspecified atom stereocenters. The molecule has 1 aromatic carbocycles. The van der Waals surface area contributed by atoms with Crippen LogP contribution in [-0.2, 0) is 4.74 Å². The molecular formula is C16H17N3O4. The molecule has 2 heterocycles. The van der Waals surface area contributed by atoms with Crippen molar-refractivity contribution >= 4 is 17.5 Å². The van der Waals surface area contributed by atoms with Gasteiger partial charge in [0.15, 0.2) is 0 Å². The third-order valence-electron chi connectivity index (χ3n) is 3.48. The fourth-order valence-electron chi connectivity index (χ4n) is 2.22. The fourth-order valence-corrected chi connectivity index (χ4v) is 2.22. The van der Waals surface area contributed by atoms with Crippen LogP contribution in [0.25, 0.3) is 0 Å². The number of nitrogen functional groups attached to an aromatic ring is 1. The Hall–Kier alpha value is -2.96. The second-order valence-electron chi connectivity index (χ2n) is 5.12. The fraction of sp³-hybridized carbons (Fsp3) is 0.250. The van der Waals surface area contributed by atoms with Gasteiger partial charge in [-0.25, -0.2) is 9.78 Å². The van der Waals surface area contributed by atoms with Crippen LogP contribution in [0.5, 0.6) is 11.6 Å². The molecule has 1 saturated heterocycles. The molecule has 0 amide bonds. The van der Waals surface area contributed by atoms with Gasteiger partial charge in [0.1, 0.15) is 11.9 Å². The number of hydrogen-bond acceptors (Lipinski definition) is 7. The molecule has 1 fully saturated rings. The number of nitrogens with zero attached hydrogens (tertiary/aromatic N) is 2. The molecule has 23 heavy (non-hydrogen) atoms. The first-order valence-electron chi connectivity index (χ1n) is 7.13. The molecule has 0 aliphatic carbocycles. The Kier molecular flexibility index (Phi) is 4.18. The summed E-state index contributed by atoms with van der Waals surface area (Å²) in [6, 6.07) is 10.3. The van der Waals surface area contributed by atoms with Gasteiger partial charge in [0.25, 0.3) is 0 Å². The van der Waals surface area contributed by atoms with Gasteiger partial charge in [-0.3, -0.25) is 0 Å². The Morgan fingerprint density at radius 1 is 1.26 bits per heavy atom. The van der Waals surface area contributed by atoms with Crippen LogP contribution in [0.4, 0.5) is 16.2 Å². The SMILES string of the molecule is COc1cc(N2CC(OC(=O)Oc3ccc(N)cc3)C2)ccn1. The molecule has 2 aromatic rings. The minimum atomic E-state index is -0.716. The number of nitrogens with two attached hydrogens (primary N) is 1. The molecule has 120 valence electrons. The minimum Gasteiger partial charge on any atom is -0.481 e. The highest BCUT2D eigenvalue weighted by Gasteiger charge is 2.31. The number of benzene rings is 1. The number of aromatic nitrogens is 1. The summed E-state index contributed by atoms with van der Waals surface area (Å²) < 4.78 is 15.4. The number of rotatable bonds is 4. The third-order valence-corrected chi connectivity index (χ3v) is 3.48. The van der Waals surface area contributed by atoms with E-state index in [1.54, 1.807) is 37.6 Å². The second-order valence-corrected chi connectivity index (χ2v) is 5.12. The zero-order valence-corrected chi connectivity index (χ0v) is 12.6. The molecule has 7 nitrogen and oxygen atoms in total. The molecular weight excluding hydrogens is 298 g/mol. The Labute approximate surface area is 133 Å². The van der Waals surface area contributed by atoms with Gasteiger partial charge in [-0.15, -0.1) is 0 Å². The number of carbonyl (C=O) groups excluding carboxylic acids is 1. The van der Waals surface area contributed by atoms with Crippen LogP contribution in [0.3, 0.4) is 0 Å². The number of methoxy groups -OCH3 is 1. The van der Waals surface area contributed by atoms with E-state index < -0.39 is 6.16 Å². The van der Waals surface area contributed by atoms with Gasteiger partial charge in [-0.2, -0.15) is 0 Å². The zero-order chi connectivity index (χ0) is 16.2. The van der Waals surface area contributed by atoms with Crippen molar-refractivity contribution in [3.05, 3.63) is 42.6 Å². The van der Waals surface area contributed by atoms with Gasteiger partial charge >= 0.3 is 6.16 Å².